The number of aldehydes is 1. The highest BCUT2D eigenvalue weighted by atomic mass is 127. The van der Waals surface area contributed by atoms with Crippen molar-refractivity contribution in [1.82, 2.24) is 4.90 Å². The van der Waals surface area contributed by atoms with Crippen molar-refractivity contribution in [3.8, 4) is 0 Å². The molecule has 3 aliphatic rings. The Kier molecular flexibility index (Phi) is 19.7. The number of hydrogen-bond donors (Lipinski definition) is 3. The fourth-order valence-electron chi connectivity index (χ4n) is 8.35. The van der Waals surface area contributed by atoms with E-state index in [1.807, 2.05) is 39.8 Å². The molecule has 0 bridgehead atoms. The Balaban J connectivity index is 1.91. The van der Waals surface area contributed by atoms with Crippen molar-refractivity contribution >= 4 is 40.6 Å². The van der Waals surface area contributed by atoms with E-state index in [4.69, 9.17) is 33.2 Å². The first-order valence-corrected chi connectivity index (χ1v) is 20.9. The second kappa shape index (κ2) is 22.3. The number of ether oxygens (including phenoxy) is 7. The summed E-state index contributed by atoms with van der Waals surface area (Å²) in [5.74, 6) is -2.40. The van der Waals surface area contributed by atoms with Gasteiger partial charge in [-0.3, -0.25) is 9.59 Å². The standard InChI is InChI=1S/C39H68INO13/c1-11-29-26(19-50-39-37(49-10)36(48-9)33(46)24(6)52-39)16-20(2)12-13-27(43)21(3)17-25(14-15-42)35(22(4)28(44)18-30(45)53-29)54-38-34(47)32(41(7)8)31(40)23(5)51-38/h15,20-26,28-29,31-39,44,46-47H,11-14,16-19H2,1-10H3/t20?,21-,22-,23-,24-,25+,26-,28-,29-,31-,32+,33-,34-,35-,36-,37-,38+,39-/m1/s1. The van der Waals surface area contributed by atoms with Crippen LogP contribution >= 0.6 is 22.6 Å². The van der Waals surface area contributed by atoms with Gasteiger partial charge in [0.1, 0.15) is 42.6 Å². The highest BCUT2D eigenvalue weighted by molar-refractivity contribution is 14.1. The third kappa shape index (κ3) is 12.3. The quantitative estimate of drug-likeness (QED) is 0.119. The first-order chi connectivity index (χ1) is 25.5. The van der Waals surface area contributed by atoms with Crippen molar-refractivity contribution in [2.45, 2.75) is 164 Å². The fraction of sp³-hybridized carbons (Fsp3) is 0.923. The number of aliphatic hydroxyl groups is 3. The second-order valence-electron chi connectivity index (χ2n) is 16.1. The SMILES string of the molecule is CC[C@H]1OC(=O)C[C@@H](O)[C@@H](C)[C@@H](O[C@@H]2O[C@H](C)[C@@H](I)[C@H](N(C)C)[C@H]2O)[C@@H](CC=O)C[C@@H](C)C(=O)CCC(C)C[C@@H]1CO[C@@H]1O[C@H](C)[C@@H](O)[C@@H](OC)[C@H]1OC. The van der Waals surface area contributed by atoms with Crippen LogP contribution in [0.5, 0.6) is 0 Å². The third-order valence-corrected chi connectivity index (χ3v) is 13.5. The Hall–Kier alpha value is -0.860. The Labute approximate surface area is 335 Å². The molecule has 3 aliphatic heterocycles. The molecule has 18 atom stereocenters. The van der Waals surface area contributed by atoms with Crippen LogP contribution in [0.15, 0.2) is 0 Å². The summed E-state index contributed by atoms with van der Waals surface area (Å²) in [6.07, 6.45) is -6.00. The lowest BCUT2D eigenvalue weighted by molar-refractivity contribution is -0.305. The molecular formula is C39H68INO13. The number of ketones is 1. The number of cyclic esters (lactones) is 1. The molecule has 3 heterocycles. The van der Waals surface area contributed by atoms with E-state index in [1.165, 1.54) is 14.2 Å². The maximum Gasteiger partial charge on any atom is 0.308 e. The minimum absolute atomic E-state index is 0.0379. The number of likely N-dealkylation sites (N-methyl/N-ethyl adjacent to an activating group) is 1. The van der Waals surface area contributed by atoms with Crippen LogP contribution in [0.3, 0.4) is 0 Å². The van der Waals surface area contributed by atoms with Crippen molar-refractivity contribution in [3.63, 3.8) is 0 Å². The molecule has 0 aromatic carbocycles. The van der Waals surface area contributed by atoms with Crippen LogP contribution in [0.1, 0.15) is 86.5 Å². The lowest BCUT2D eigenvalue weighted by Crippen LogP contribution is -2.61. The molecule has 0 radical (unpaired) electrons. The van der Waals surface area contributed by atoms with Crippen LogP contribution in [-0.4, -0.2) is 151 Å². The predicted octanol–water partition coefficient (Wildman–Crippen LogP) is 3.31. The summed E-state index contributed by atoms with van der Waals surface area (Å²) >= 11 is 2.27. The van der Waals surface area contributed by atoms with Crippen LogP contribution < -0.4 is 0 Å². The number of Topliss-reactive ketones (excluding diaryl/α,β-unsaturated/α-hetero) is 1. The maximum atomic E-state index is 13.7. The molecule has 0 aromatic heterocycles. The number of halogens is 1. The number of carbonyl (C=O) groups is 3. The van der Waals surface area contributed by atoms with E-state index in [9.17, 15) is 29.7 Å². The average molecular weight is 886 g/mol. The highest BCUT2D eigenvalue weighted by Gasteiger charge is 2.48. The van der Waals surface area contributed by atoms with Crippen LogP contribution in [-0.2, 0) is 47.5 Å². The summed E-state index contributed by atoms with van der Waals surface area (Å²) < 4.78 is 42.3. The van der Waals surface area contributed by atoms with Gasteiger partial charge in [-0.2, -0.15) is 0 Å². The zero-order valence-electron chi connectivity index (χ0n) is 33.9. The topological polar surface area (TPSA) is 180 Å². The lowest BCUT2D eigenvalue weighted by atomic mass is 9.79. The van der Waals surface area contributed by atoms with Crippen LogP contribution in [0.2, 0.25) is 0 Å². The van der Waals surface area contributed by atoms with E-state index in [0.717, 1.165) is 6.29 Å². The number of nitrogens with zero attached hydrogens (tertiary/aromatic N) is 1. The van der Waals surface area contributed by atoms with Crippen molar-refractivity contribution in [3.05, 3.63) is 0 Å². The van der Waals surface area contributed by atoms with E-state index in [2.05, 4.69) is 29.5 Å². The molecule has 14 nitrogen and oxygen atoms in total. The van der Waals surface area contributed by atoms with Crippen molar-refractivity contribution in [2.24, 2.45) is 29.6 Å². The van der Waals surface area contributed by atoms with Gasteiger partial charge in [-0.25, -0.2) is 0 Å². The predicted molar refractivity (Wildman–Crippen MR) is 208 cm³/mol. The van der Waals surface area contributed by atoms with E-state index in [0.29, 0.717) is 32.1 Å². The first-order valence-electron chi connectivity index (χ1n) is 19.6. The largest absolute Gasteiger partial charge is 0.462 e. The molecule has 0 aromatic rings. The van der Waals surface area contributed by atoms with Crippen molar-refractivity contribution in [1.29, 1.82) is 0 Å². The minimum Gasteiger partial charge on any atom is -0.462 e. The summed E-state index contributed by atoms with van der Waals surface area (Å²) in [4.78, 5) is 41.3. The molecule has 0 saturated carbocycles. The molecule has 54 heavy (non-hydrogen) atoms. The Morgan fingerprint density at radius 3 is 2.13 bits per heavy atom. The van der Waals surface area contributed by atoms with E-state index < -0.39 is 85.1 Å². The van der Waals surface area contributed by atoms with Gasteiger partial charge in [-0.1, -0.05) is 50.3 Å². The summed E-state index contributed by atoms with van der Waals surface area (Å²) in [5, 5.41) is 33.7. The molecule has 0 spiro atoms. The van der Waals surface area contributed by atoms with Gasteiger partial charge in [0, 0.05) is 44.8 Å². The zero-order chi connectivity index (χ0) is 40.4. The monoisotopic (exact) mass is 885 g/mol. The summed E-state index contributed by atoms with van der Waals surface area (Å²) in [6.45, 7) is 11.4. The number of rotatable bonds is 11. The average Bonchev–Trinajstić information content (AvgIpc) is 3.12. The van der Waals surface area contributed by atoms with E-state index in [-0.39, 0.29) is 53.1 Å². The zero-order valence-corrected chi connectivity index (χ0v) is 36.0. The third-order valence-electron chi connectivity index (χ3n) is 11.8. The number of esters is 1. The van der Waals surface area contributed by atoms with E-state index in [1.54, 1.807) is 13.8 Å². The molecule has 314 valence electrons. The molecule has 0 aliphatic carbocycles. The Bertz CT molecular complexity index is 1170. The second-order valence-corrected chi connectivity index (χ2v) is 17.5. The number of aliphatic hydroxyl groups excluding tert-OH is 3. The van der Waals surface area contributed by atoms with Crippen LogP contribution in [0.4, 0.5) is 0 Å². The van der Waals surface area contributed by atoms with Crippen molar-refractivity contribution in [2.75, 3.05) is 34.9 Å². The minimum atomic E-state index is -1.24. The van der Waals surface area contributed by atoms with Gasteiger partial charge < -0.3 is 58.2 Å². The van der Waals surface area contributed by atoms with Gasteiger partial charge in [-0.15, -0.1) is 0 Å². The van der Waals surface area contributed by atoms with Crippen LogP contribution in [0, 0.1) is 29.6 Å². The molecule has 15 heteroatoms. The number of methoxy groups -OCH3 is 2. The van der Waals surface area contributed by atoms with Crippen LogP contribution in [0.25, 0.3) is 0 Å². The molecule has 3 N–H and O–H groups in total. The molecule has 3 fully saturated rings. The fourth-order valence-corrected chi connectivity index (χ4v) is 9.59. The smallest absolute Gasteiger partial charge is 0.308 e. The van der Waals surface area contributed by atoms with Gasteiger partial charge in [0.15, 0.2) is 12.6 Å². The van der Waals surface area contributed by atoms with Gasteiger partial charge in [0.25, 0.3) is 0 Å². The van der Waals surface area contributed by atoms with Crippen molar-refractivity contribution < 1.29 is 62.9 Å². The maximum absolute atomic E-state index is 13.7. The highest BCUT2D eigenvalue weighted by Crippen LogP contribution is 2.37. The van der Waals surface area contributed by atoms with Gasteiger partial charge in [-0.05, 0) is 65.5 Å². The normalized spacial score (nSPS) is 43.8. The summed E-state index contributed by atoms with van der Waals surface area (Å²) in [5.41, 5.74) is 0. The summed E-state index contributed by atoms with van der Waals surface area (Å²) in [7, 11) is 6.75. The van der Waals surface area contributed by atoms with Gasteiger partial charge in [0.2, 0.25) is 0 Å². The van der Waals surface area contributed by atoms with Gasteiger partial charge in [0.05, 0.1) is 47.4 Å². The molecular weight excluding hydrogens is 817 g/mol. The number of alkyl halides is 1. The Morgan fingerprint density at radius 1 is 0.889 bits per heavy atom. The lowest BCUT2D eigenvalue weighted by Gasteiger charge is -2.46. The first kappa shape index (κ1) is 47.5. The molecule has 3 saturated heterocycles. The molecule has 0 amide bonds. The van der Waals surface area contributed by atoms with E-state index >= 15 is 0 Å². The summed E-state index contributed by atoms with van der Waals surface area (Å²) in [6, 6.07) is -0.294. The molecule has 3 rings (SSSR count). The number of hydrogen-bond acceptors (Lipinski definition) is 14. The Morgan fingerprint density at radius 2 is 1.54 bits per heavy atom. The molecule has 1 unspecified atom stereocenters. The van der Waals surface area contributed by atoms with Gasteiger partial charge >= 0.3 is 5.97 Å². The number of carbonyl (C=O) groups excluding carboxylic acids is 3.